The SMILES string of the molecule is CC1CCN(C(N)=NCc2ccc(S(=O)(=O)NC3CC3)cc2)CC1. The molecule has 0 spiro atoms. The second-order valence-electron chi connectivity index (χ2n) is 6.88. The summed E-state index contributed by atoms with van der Waals surface area (Å²) >= 11 is 0. The third kappa shape index (κ3) is 4.48. The van der Waals surface area contributed by atoms with E-state index in [1.54, 1.807) is 24.3 Å². The molecule has 1 aliphatic heterocycles. The van der Waals surface area contributed by atoms with E-state index in [0.717, 1.165) is 50.3 Å². The zero-order valence-corrected chi connectivity index (χ0v) is 14.9. The molecule has 0 aromatic heterocycles. The van der Waals surface area contributed by atoms with Gasteiger partial charge in [0.15, 0.2) is 5.96 Å². The van der Waals surface area contributed by atoms with Gasteiger partial charge in [-0.15, -0.1) is 0 Å². The number of nitrogens with two attached hydrogens (primary N) is 1. The summed E-state index contributed by atoms with van der Waals surface area (Å²) in [7, 11) is -3.39. The topological polar surface area (TPSA) is 87.8 Å². The maximum absolute atomic E-state index is 12.1. The fraction of sp³-hybridized carbons (Fsp3) is 0.588. The Balaban J connectivity index is 1.58. The van der Waals surface area contributed by atoms with E-state index in [9.17, 15) is 8.42 Å². The summed E-state index contributed by atoms with van der Waals surface area (Å²) in [5.41, 5.74) is 7.03. The maximum Gasteiger partial charge on any atom is 0.240 e. The van der Waals surface area contributed by atoms with E-state index in [1.807, 2.05) is 0 Å². The second kappa shape index (κ2) is 7.11. The molecule has 7 heteroatoms. The Morgan fingerprint density at radius 1 is 1.21 bits per heavy atom. The number of nitrogens with zero attached hydrogens (tertiary/aromatic N) is 2. The van der Waals surface area contributed by atoms with Crippen LogP contribution < -0.4 is 10.5 Å². The number of guanidine groups is 1. The number of hydrogen-bond acceptors (Lipinski definition) is 3. The summed E-state index contributed by atoms with van der Waals surface area (Å²) in [5, 5.41) is 0. The van der Waals surface area contributed by atoms with Gasteiger partial charge in [0.05, 0.1) is 11.4 Å². The minimum absolute atomic E-state index is 0.117. The molecule has 1 saturated carbocycles. The summed E-state index contributed by atoms with van der Waals surface area (Å²) in [4.78, 5) is 6.88. The van der Waals surface area contributed by atoms with Crippen molar-refractivity contribution in [1.29, 1.82) is 0 Å². The number of benzene rings is 1. The van der Waals surface area contributed by atoms with Crippen LogP contribution in [0.4, 0.5) is 0 Å². The molecule has 0 radical (unpaired) electrons. The van der Waals surface area contributed by atoms with Crippen LogP contribution in [0.15, 0.2) is 34.2 Å². The van der Waals surface area contributed by atoms with Gasteiger partial charge in [0, 0.05) is 19.1 Å². The molecule has 0 bridgehead atoms. The highest BCUT2D eigenvalue weighted by Crippen LogP contribution is 2.22. The number of nitrogens with one attached hydrogen (secondary N) is 1. The third-order valence-corrected chi connectivity index (χ3v) is 6.20. The molecule has 3 rings (SSSR count). The van der Waals surface area contributed by atoms with Crippen LogP contribution in [0.1, 0.15) is 38.2 Å². The van der Waals surface area contributed by atoms with Gasteiger partial charge >= 0.3 is 0 Å². The molecule has 1 aliphatic carbocycles. The lowest BCUT2D eigenvalue weighted by molar-refractivity contribution is 0.277. The van der Waals surface area contributed by atoms with Crippen LogP contribution in [-0.4, -0.2) is 38.4 Å². The molecule has 0 unspecified atom stereocenters. The predicted molar refractivity (Wildman–Crippen MR) is 95.1 cm³/mol. The van der Waals surface area contributed by atoms with E-state index in [4.69, 9.17) is 5.73 Å². The summed E-state index contributed by atoms with van der Waals surface area (Å²) in [6.07, 6.45) is 4.16. The zero-order valence-electron chi connectivity index (χ0n) is 14.1. The average Bonchev–Trinajstić information content (AvgIpc) is 3.37. The molecule has 0 amide bonds. The van der Waals surface area contributed by atoms with Crippen LogP contribution >= 0.6 is 0 Å². The van der Waals surface area contributed by atoms with Gasteiger partial charge in [0.25, 0.3) is 0 Å². The van der Waals surface area contributed by atoms with Crippen LogP contribution in [-0.2, 0) is 16.6 Å². The van der Waals surface area contributed by atoms with Crippen molar-refractivity contribution in [2.24, 2.45) is 16.6 Å². The minimum atomic E-state index is -3.39. The van der Waals surface area contributed by atoms with Crippen LogP contribution in [0, 0.1) is 5.92 Å². The van der Waals surface area contributed by atoms with Crippen molar-refractivity contribution < 1.29 is 8.42 Å². The highest BCUT2D eigenvalue weighted by molar-refractivity contribution is 7.89. The molecule has 2 aliphatic rings. The number of likely N-dealkylation sites (tertiary alicyclic amines) is 1. The van der Waals surface area contributed by atoms with E-state index in [-0.39, 0.29) is 6.04 Å². The first kappa shape index (κ1) is 17.2. The van der Waals surface area contributed by atoms with Gasteiger partial charge in [-0.25, -0.2) is 18.1 Å². The third-order valence-electron chi connectivity index (χ3n) is 4.66. The van der Waals surface area contributed by atoms with Gasteiger partial charge in [-0.2, -0.15) is 0 Å². The van der Waals surface area contributed by atoms with Crippen LogP contribution in [0.5, 0.6) is 0 Å². The lowest BCUT2D eigenvalue weighted by atomic mass is 10.00. The Morgan fingerprint density at radius 3 is 2.42 bits per heavy atom. The van der Waals surface area contributed by atoms with Crippen molar-refractivity contribution in [1.82, 2.24) is 9.62 Å². The Hall–Kier alpha value is -1.60. The van der Waals surface area contributed by atoms with Gasteiger partial charge < -0.3 is 10.6 Å². The van der Waals surface area contributed by atoms with E-state index in [0.29, 0.717) is 17.4 Å². The Kier molecular flexibility index (Phi) is 5.10. The van der Waals surface area contributed by atoms with Gasteiger partial charge in [-0.05, 0) is 49.3 Å². The zero-order chi connectivity index (χ0) is 17.2. The quantitative estimate of drug-likeness (QED) is 0.625. The first-order valence-electron chi connectivity index (χ1n) is 8.60. The summed E-state index contributed by atoms with van der Waals surface area (Å²) < 4.78 is 26.9. The lowest BCUT2D eigenvalue weighted by Crippen LogP contribution is -2.42. The van der Waals surface area contributed by atoms with E-state index in [1.165, 1.54) is 0 Å². The molecule has 1 saturated heterocycles. The fourth-order valence-electron chi connectivity index (χ4n) is 2.77. The first-order valence-corrected chi connectivity index (χ1v) is 10.1. The molecular weight excluding hydrogens is 324 g/mol. The Bertz CT molecular complexity index is 688. The maximum atomic E-state index is 12.1. The van der Waals surface area contributed by atoms with Crippen molar-refractivity contribution in [2.45, 2.75) is 50.1 Å². The molecule has 1 aromatic rings. The normalized spacial score (nSPS) is 20.4. The standard InChI is InChI=1S/C17H26N4O2S/c1-13-8-10-21(11-9-13)17(18)19-12-14-2-6-16(7-3-14)24(22,23)20-15-4-5-15/h2-3,6-7,13,15,20H,4-5,8-12H2,1H3,(H2,18,19). The molecule has 1 heterocycles. The average molecular weight is 350 g/mol. The number of sulfonamides is 1. The van der Waals surface area contributed by atoms with Crippen molar-refractivity contribution in [3.05, 3.63) is 29.8 Å². The number of hydrogen-bond donors (Lipinski definition) is 2. The molecule has 24 heavy (non-hydrogen) atoms. The lowest BCUT2D eigenvalue weighted by Gasteiger charge is -2.31. The molecular formula is C17H26N4O2S. The van der Waals surface area contributed by atoms with Crippen molar-refractivity contribution in [2.75, 3.05) is 13.1 Å². The van der Waals surface area contributed by atoms with Crippen molar-refractivity contribution >= 4 is 16.0 Å². The predicted octanol–water partition coefficient (Wildman–Crippen LogP) is 1.67. The van der Waals surface area contributed by atoms with Gasteiger partial charge in [0.1, 0.15) is 0 Å². The second-order valence-corrected chi connectivity index (χ2v) is 8.60. The molecule has 6 nitrogen and oxygen atoms in total. The van der Waals surface area contributed by atoms with Crippen molar-refractivity contribution in [3.63, 3.8) is 0 Å². The van der Waals surface area contributed by atoms with E-state index in [2.05, 4.69) is 21.5 Å². The highest BCUT2D eigenvalue weighted by atomic mass is 32.2. The summed E-state index contributed by atoms with van der Waals surface area (Å²) in [6.45, 7) is 4.65. The Labute approximate surface area is 144 Å². The number of rotatable bonds is 5. The highest BCUT2D eigenvalue weighted by Gasteiger charge is 2.27. The van der Waals surface area contributed by atoms with Crippen LogP contribution in [0.3, 0.4) is 0 Å². The van der Waals surface area contributed by atoms with Crippen molar-refractivity contribution in [3.8, 4) is 0 Å². The van der Waals surface area contributed by atoms with Gasteiger partial charge in [-0.3, -0.25) is 0 Å². The van der Waals surface area contributed by atoms with Crippen LogP contribution in [0.2, 0.25) is 0 Å². The number of piperidine rings is 1. The van der Waals surface area contributed by atoms with E-state index >= 15 is 0 Å². The minimum Gasteiger partial charge on any atom is -0.370 e. The molecule has 2 fully saturated rings. The molecule has 3 N–H and O–H groups in total. The molecule has 1 aromatic carbocycles. The molecule has 132 valence electrons. The molecule has 0 atom stereocenters. The van der Waals surface area contributed by atoms with Gasteiger partial charge in [0.2, 0.25) is 10.0 Å². The monoisotopic (exact) mass is 350 g/mol. The van der Waals surface area contributed by atoms with Gasteiger partial charge in [-0.1, -0.05) is 19.1 Å². The summed E-state index contributed by atoms with van der Waals surface area (Å²) in [5.74, 6) is 1.33. The smallest absolute Gasteiger partial charge is 0.240 e. The van der Waals surface area contributed by atoms with Crippen LogP contribution in [0.25, 0.3) is 0 Å². The number of aliphatic imine (C=N–C) groups is 1. The Morgan fingerprint density at radius 2 is 1.83 bits per heavy atom. The first-order chi connectivity index (χ1) is 11.4. The fourth-order valence-corrected chi connectivity index (χ4v) is 4.08. The largest absolute Gasteiger partial charge is 0.370 e. The van der Waals surface area contributed by atoms with E-state index < -0.39 is 10.0 Å². The summed E-state index contributed by atoms with van der Waals surface area (Å²) in [6, 6.07) is 6.99.